The lowest BCUT2D eigenvalue weighted by molar-refractivity contribution is 0.535. The van der Waals surface area contributed by atoms with Crippen molar-refractivity contribution >= 4 is 51.0 Å². The number of rotatable bonds is 18. The van der Waals surface area contributed by atoms with E-state index in [1.54, 1.807) is 0 Å². The van der Waals surface area contributed by atoms with Gasteiger partial charge in [0.25, 0.3) is 0 Å². The molecule has 142 valence electrons. The van der Waals surface area contributed by atoms with Crippen LogP contribution in [0, 0.1) is 10.7 Å². The molecule has 0 N–H and O–H groups in total. The van der Waals surface area contributed by atoms with Crippen molar-refractivity contribution in [3.63, 3.8) is 0 Å². The Morgan fingerprint density at radius 2 is 0.917 bits per heavy atom. The summed E-state index contributed by atoms with van der Waals surface area (Å²) in [7, 11) is 0. The number of halogens is 3. The van der Waals surface area contributed by atoms with Gasteiger partial charge in [-0.05, 0) is 24.2 Å². The molecule has 0 spiro atoms. The van der Waals surface area contributed by atoms with Crippen molar-refractivity contribution in [1.29, 1.82) is 5.26 Å². The molecule has 0 amide bonds. The number of thiocyanates is 1. The van der Waals surface area contributed by atoms with E-state index in [-0.39, 0.29) is 0 Å². The molecular weight excluding hydrogens is 397 g/mol. The molecule has 0 unspecified atom stereocenters. The quantitative estimate of drug-likeness (QED) is 0.0939. The first kappa shape index (κ1) is 24.9. The maximum Gasteiger partial charge on any atom is 0.341 e. The van der Waals surface area contributed by atoms with E-state index in [1.807, 2.05) is 0 Å². The normalized spacial score (nSPS) is 11.6. The second-order valence-electron chi connectivity index (χ2n) is 6.61. The van der Waals surface area contributed by atoms with Gasteiger partial charge in [-0.1, -0.05) is 89.9 Å². The fraction of sp³-hybridized carbons (Fsp3) is 0.944. The van der Waals surface area contributed by atoms with Crippen LogP contribution in [0.4, 0.5) is 0 Å². The zero-order chi connectivity index (χ0) is 17.9. The first-order valence-electron chi connectivity index (χ1n) is 9.64. The molecular formula is C18H34Cl3NSSi. The minimum Gasteiger partial charge on any atom is -0.185 e. The maximum absolute atomic E-state index is 8.42. The van der Waals surface area contributed by atoms with E-state index in [4.69, 9.17) is 38.5 Å². The molecule has 1 nitrogen and oxygen atoms in total. The minimum atomic E-state index is -2.36. The van der Waals surface area contributed by atoms with Crippen LogP contribution in [0.2, 0.25) is 6.04 Å². The van der Waals surface area contributed by atoms with Gasteiger partial charge >= 0.3 is 6.00 Å². The summed E-state index contributed by atoms with van der Waals surface area (Å²) in [5, 5.41) is 10.5. The van der Waals surface area contributed by atoms with Gasteiger partial charge in [0, 0.05) is 5.75 Å². The number of nitriles is 1. The number of hydrogen-bond donors (Lipinski definition) is 0. The molecule has 0 rings (SSSR count). The van der Waals surface area contributed by atoms with Crippen LogP contribution >= 0.6 is 45.0 Å². The second kappa shape index (κ2) is 18.7. The number of unbranched alkanes of at least 4 members (excludes halogenated alkanes) is 14. The third-order valence-electron chi connectivity index (χ3n) is 4.27. The molecule has 0 saturated heterocycles. The van der Waals surface area contributed by atoms with Crippen molar-refractivity contribution in [1.82, 2.24) is 0 Å². The van der Waals surface area contributed by atoms with Crippen molar-refractivity contribution in [2.75, 3.05) is 5.75 Å². The summed E-state index contributed by atoms with van der Waals surface area (Å²) in [6, 6.07) is -1.55. The van der Waals surface area contributed by atoms with Gasteiger partial charge in [0.15, 0.2) is 0 Å². The monoisotopic (exact) mass is 429 g/mol. The Morgan fingerprint density at radius 3 is 1.25 bits per heavy atom. The van der Waals surface area contributed by atoms with Gasteiger partial charge in [-0.15, -0.1) is 33.2 Å². The lowest BCUT2D eigenvalue weighted by Gasteiger charge is -2.07. The topological polar surface area (TPSA) is 23.8 Å². The van der Waals surface area contributed by atoms with Crippen LogP contribution in [-0.4, -0.2) is 11.8 Å². The van der Waals surface area contributed by atoms with E-state index in [1.165, 1.54) is 102 Å². The van der Waals surface area contributed by atoms with Crippen molar-refractivity contribution in [2.45, 2.75) is 102 Å². The highest BCUT2D eigenvalue weighted by Gasteiger charge is 2.23. The summed E-state index contributed by atoms with van der Waals surface area (Å²) in [6.07, 6.45) is 19.9. The molecule has 0 heterocycles. The largest absolute Gasteiger partial charge is 0.341 e. The summed E-state index contributed by atoms with van der Waals surface area (Å²) in [4.78, 5) is 0. The third kappa shape index (κ3) is 22.9. The van der Waals surface area contributed by atoms with E-state index in [9.17, 15) is 0 Å². The lowest BCUT2D eigenvalue weighted by Crippen LogP contribution is -2.07. The molecule has 0 aliphatic rings. The zero-order valence-corrected chi connectivity index (χ0v) is 19.1. The second-order valence-corrected chi connectivity index (χ2v) is 16.8. The average Bonchev–Trinajstić information content (AvgIpc) is 2.52. The van der Waals surface area contributed by atoms with Crippen LogP contribution in [0.1, 0.15) is 96.3 Å². The lowest BCUT2D eigenvalue weighted by atomic mass is 10.0. The average molecular weight is 431 g/mol. The van der Waals surface area contributed by atoms with Gasteiger partial charge in [0.1, 0.15) is 5.40 Å². The molecule has 0 aliphatic carbocycles. The van der Waals surface area contributed by atoms with Gasteiger partial charge in [-0.3, -0.25) is 0 Å². The molecule has 0 bridgehead atoms. The Labute approximate surface area is 169 Å². The van der Waals surface area contributed by atoms with Crippen molar-refractivity contribution in [3.05, 3.63) is 0 Å². The van der Waals surface area contributed by atoms with Crippen molar-refractivity contribution in [3.8, 4) is 5.40 Å². The van der Waals surface area contributed by atoms with Crippen LogP contribution in [0.5, 0.6) is 0 Å². The van der Waals surface area contributed by atoms with E-state index in [2.05, 4.69) is 5.40 Å². The smallest absolute Gasteiger partial charge is 0.185 e. The standard InChI is InChI=1S/C18H34Cl3NSSi/c19-24(20,21)17-15-13-11-9-7-5-3-1-2-4-6-8-10-12-14-16-23-18-22/h1-17H2. The summed E-state index contributed by atoms with van der Waals surface area (Å²) >= 11 is 19.0. The molecule has 0 aromatic carbocycles. The minimum absolute atomic E-state index is 0.816. The molecule has 0 aliphatic heterocycles. The van der Waals surface area contributed by atoms with E-state index < -0.39 is 6.00 Å². The van der Waals surface area contributed by atoms with E-state index in [0.29, 0.717) is 0 Å². The molecule has 0 aromatic heterocycles. The summed E-state index contributed by atoms with van der Waals surface area (Å²) in [6.45, 7) is 0. The van der Waals surface area contributed by atoms with Crippen LogP contribution in [0.3, 0.4) is 0 Å². The Hall–Kier alpha value is 0.927. The Balaban J connectivity index is 3.02. The molecule has 0 saturated carbocycles. The van der Waals surface area contributed by atoms with Crippen LogP contribution in [0.15, 0.2) is 0 Å². The predicted octanol–water partition coefficient (Wildman–Crippen LogP) is 8.71. The van der Waals surface area contributed by atoms with Crippen molar-refractivity contribution < 1.29 is 0 Å². The highest BCUT2D eigenvalue weighted by molar-refractivity contribution is 8.03. The number of hydrogen-bond acceptors (Lipinski definition) is 2. The first-order chi connectivity index (χ1) is 11.6. The SMILES string of the molecule is N#CSCCCCCCCCCCCCCCCCC[Si](Cl)(Cl)Cl. The molecule has 24 heavy (non-hydrogen) atoms. The number of thioether (sulfide) groups is 1. The Morgan fingerprint density at radius 1 is 0.583 bits per heavy atom. The van der Waals surface area contributed by atoms with Crippen LogP contribution in [0.25, 0.3) is 0 Å². The van der Waals surface area contributed by atoms with E-state index in [0.717, 1.165) is 18.2 Å². The van der Waals surface area contributed by atoms with Crippen LogP contribution in [-0.2, 0) is 0 Å². The predicted molar refractivity (Wildman–Crippen MR) is 115 cm³/mol. The highest BCUT2D eigenvalue weighted by atomic mass is 35.8. The van der Waals surface area contributed by atoms with Gasteiger partial charge < -0.3 is 0 Å². The van der Waals surface area contributed by atoms with Crippen LogP contribution < -0.4 is 0 Å². The van der Waals surface area contributed by atoms with Gasteiger partial charge in [-0.2, -0.15) is 5.26 Å². The molecule has 0 aromatic rings. The summed E-state index contributed by atoms with van der Waals surface area (Å²) in [5.41, 5.74) is 0. The van der Waals surface area contributed by atoms with Crippen molar-refractivity contribution in [2.24, 2.45) is 0 Å². The molecule has 6 heteroatoms. The highest BCUT2D eigenvalue weighted by Crippen LogP contribution is 2.27. The molecule has 0 fully saturated rings. The maximum atomic E-state index is 8.42. The Kier molecular flexibility index (Phi) is 19.4. The van der Waals surface area contributed by atoms with Gasteiger partial charge in [0.05, 0.1) is 0 Å². The zero-order valence-electron chi connectivity index (χ0n) is 15.0. The summed E-state index contributed by atoms with van der Waals surface area (Å²) < 4.78 is 0. The fourth-order valence-electron chi connectivity index (χ4n) is 2.84. The Bertz CT molecular complexity index is 306. The summed E-state index contributed by atoms with van der Waals surface area (Å²) in [5.74, 6) is 1.01. The molecule has 0 radical (unpaired) electrons. The van der Waals surface area contributed by atoms with Gasteiger partial charge in [-0.25, -0.2) is 0 Å². The first-order valence-corrected chi connectivity index (χ1v) is 15.9. The third-order valence-corrected chi connectivity index (χ3v) is 7.51. The van der Waals surface area contributed by atoms with E-state index >= 15 is 0 Å². The molecule has 0 atom stereocenters. The van der Waals surface area contributed by atoms with Gasteiger partial charge in [0.2, 0.25) is 0 Å². The number of nitrogens with zero attached hydrogens (tertiary/aromatic N) is 1. The fourth-order valence-corrected chi connectivity index (χ4v) is 5.14.